The van der Waals surface area contributed by atoms with Gasteiger partial charge >= 0.3 is 0 Å². The Kier molecular flexibility index (Phi) is 7.48. The first kappa shape index (κ1) is 20.7. The first-order valence-electron chi connectivity index (χ1n) is 7.63. The van der Waals surface area contributed by atoms with Crippen molar-refractivity contribution in [2.24, 2.45) is 4.99 Å². The molecule has 2 N–H and O–H groups in total. The molecule has 136 valence electrons. The Bertz CT molecular complexity index is 691. The van der Waals surface area contributed by atoms with E-state index >= 15 is 0 Å². The highest BCUT2D eigenvalue weighted by Gasteiger charge is 2.24. The molecule has 0 radical (unpaired) electrons. The van der Waals surface area contributed by atoms with Gasteiger partial charge in [0.25, 0.3) is 0 Å². The molecule has 0 aliphatic carbocycles. The molecule has 0 aromatic heterocycles. The van der Waals surface area contributed by atoms with Gasteiger partial charge in [0.1, 0.15) is 15.7 Å². The minimum atomic E-state index is -2.95. The van der Waals surface area contributed by atoms with Crippen molar-refractivity contribution in [3.8, 4) is 0 Å². The molecule has 0 fully saturated rings. The van der Waals surface area contributed by atoms with Crippen molar-refractivity contribution >= 4 is 27.4 Å². The van der Waals surface area contributed by atoms with E-state index in [1.54, 1.807) is 13.1 Å². The molecule has 0 heterocycles. The number of nitrogens with zero attached hydrogens (tertiary/aromatic N) is 1. The lowest BCUT2D eigenvalue weighted by molar-refractivity contribution is 0.507. The van der Waals surface area contributed by atoms with Crippen LogP contribution in [-0.4, -0.2) is 46.5 Å². The first-order chi connectivity index (χ1) is 11.0. The molecule has 0 saturated heterocycles. The van der Waals surface area contributed by atoms with Crippen molar-refractivity contribution in [3.63, 3.8) is 0 Å². The van der Waals surface area contributed by atoms with E-state index in [4.69, 9.17) is 11.6 Å². The van der Waals surface area contributed by atoms with Gasteiger partial charge in [0.15, 0.2) is 5.96 Å². The molecule has 0 saturated carbocycles. The number of halogens is 2. The van der Waals surface area contributed by atoms with Crippen LogP contribution in [0.5, 0.6) is 0 Å². The van der Waals surface area contributed by atoms with Crippen LogP contribution in [0.3, 0.4) is 0 Å². The first-order valence-corrected chi connectivity index (χ1v) is 10.1. The minimum absolute atomic E-state index is 0.133. The molecule has 1 aromatic rings. The maximum absolute atomic E-state index is 13.2. The van der Waals surface area contributed by atoms with Gasteiger partial charge in [0, 0.05) is 36.8 Å². The van der Waals surface area contributed by atoms with Crippen LogP contribution in [0.1, 0.15) is 25.8 Å². The van der Waals surface area contributed by atoms with Gasteiger partial charge in [-0.25, -0.2) is 12.8 Å². The van der Waals surface area contributed by atoms with Crippen molar-refractivity contribution in [2.45, 2.75) is 25.7 Å². The molecule has 0 aliphatic heterocycles. The van der Waals surface area contributed by atoms with Crippen molar-refractivity contribution in [1.29, 1.82) is 0 Å². The average molecular weight is 378 g/mol. The molecule has 8 heteroatoms. The third-order valence-electron chi connectivity index (χ3n) is 3.57. The van der Waals surface area contributed by atoms with E-state index in [1.807, 2.05) is 13.8 Å². The molecule has 0 atom stereocenters. The largest absolute Gasteiger partial charge is 0.356 e. The summed E-state index contributed by atoms with van der Waals surface area (Å²) in [6, 6.07) is 4.37. The number of sulfone groups is 1. The van der Waals surface area contributed by atoms with Crippen LogP contribution in [0.25, 0.3) is 0 Å². The average Bonchev–Trinajstić information content (AvgIpc) is 2.45. The van der Waals surface area contributed by atoms with Crippen LogP contribution < -0.4 is 10.6 Å². The van der Waals surface area contributed by atoms with Gasteiger partial charge in [-0.2, -0.15) is 0 Å². The summed E-state index contributed by atoms with van der Waals surface area (Å²) in [6.07, 6.45) is 1.72. The second-order valence-electron chi connectivity index (χ2n) is 6.34. The Labute approximate surface area is 148 Å². The molecular weight excluding hydrogens is 353 g/mol. The highest BCUT2D eigenvalue weighted by atomic mass is 35.5. The third kappa shape index (κ3) is 7.05. The van der Waals surface area contributed by atoms with Gasteiger partial charge in [-0.05, 0) is 24.1 Å². The predicted molar refractivity (Wildman–Crippen MR) is 98.1 cm³/mol. The maximum Gasteiger partial charge on any atom is 0.191 e. The van der Waals surface area contributed by atoms with Crippen LogP contribution in [0.4, 0.5) is 4.39 Å². The Morgan fingerprint density at radius 1 is 1.33 bits per heavy atom. The zero-order valence-electron chi connectivity index (χ0n) is 14.5. The summed E-state index contributed by atoms with van der Waals surface area (Å²) in [5, 5.41) is 6.64. The summed E-state index contributed by atoms with van der Waals surface area (Å²) in [7, 11) is -1.31. The number of hydrogen-bond acceptors (Lipinski definition) is 3. The molecule has 1 rings (SSSR count). The number of nitrogens with one attached hydrogen (secondary N) is 2. The number of guanidine groups is 1. The molecular formula is C16H25ClFN3O2S. The fraction of sp³-hybridized carbons (Fsp3) is 0.562. The van der Waals surface area contributed by atoms with Crippen molar-refractivity contribution in [2.75, 3.05) is 32.1 Å². The lowest BCUT2D eigenvalue weighted by atomic mass is 9.84. The van der Waals surface area contributed by atoms with Crippen LogP contribution in [0.2, 0.25) is 5.02 Å². The van der Waals surface area contributed by atoms with E-state index in [-0.39, 0.29) is 17.0 Å². The molecule has 0 unspecified atom stereocenters. The van der Waals surface area contributed by atoms with Crippen LogP contribution >= 0.6 is 11.6 Å². The van der Waals surface area contributed by atoms with Crippen molar-refractivity contribution in [3.05, 3.63) is 34.6 Å². The second-order valence-corrected chi connectivity index (χ2v) is 9.01. The van der Waals surface area contributed by atoms with Crippen LogP contribution in [-0.2, 0) is 15.3 Å². The minimum Gasteiger partial charge on any atom is -0.356 e. The van der Waals surface area contributed by atoms with Crippen LogP contribution in [0.15, 0.2) is 23.2 Å². The summed E-state index contributed by atoms with van der Waals surface area (Å²) in [5.41, 5.74) is 0.500. The zero-order chi connectivity index (χ0) is 18.4. The van der Waals surface area contributed by atoms with Crippen LogP contribution in [0, 0.1) is 5.82 Å². The highest BCUT2D eigenvalue weighted by Crippen LogP contribution is 2.29. The number of rotatable bonds is 7. The topological polar surface area (TPSA) is 70.6 Å². The summed E-state index contributed by atoms with van der Waals surface area (Å²) in [5.74, 6) is 0.346. The molecule has 24 heavy (non-hydrogen) atoms. The van der Waals surface area contributed by atoms with Gasteiger partial charge in [-0.3, -0.25) is 4.99 Å². The standard InChI is InChI=1S/C16H25ClFN3O2S/c1-16(2,13-7-6-12(18)10-14(13)17)11-21-15(19-3)20-8-5-9-24(4,22)23/h6-7,10H,5,8-9,11H2,1-4H3,(H2,19,20,21). The Hall–Kier alpha value is -1.34. The normalized spacial score (nSPS) is 13.0. The predicted octanol–water partition coefficient (Wildman–Crippen LogP) is 2.36. The Morgan fingerprint density at radius 2 is 2.00 bits per heavy atom. The van der Waals surface area contributed by atoms with E-state index in [0.29, 0.717) is 30.5 Å². The summed E-state index contributed by atoms with van der Waals surface area (Å²) in [6.45, 7) is 5.03. The Balaban J connectivity index is 2.58. The van der Waals surface area contributed by atoms with E-state index in [1.165, 1.54) is 18.4 Å². The van der Waals surface area contributed by atoms with Gasteiger partial charge in [0.2, 0.25) is 0 Å². The molecule has 0 amide bonds. The number of hydrogen-bond donors (Lipinski definition) is 2. The molecule has 5 nitrogen and oxygen atoms in total. The maximum atomic E-state index is 13.2. The molecule has 0 aliphatic rings. The SMILES string of the molecule is CN=C(NCCCS(C)(=O)=O)NCC(C)(C)c1ccc(F)cc1Cl. The fourth-order valence-electron chi connectivity index (χ4n) is 2.20. The van der Waals surface area contributed by atoms with E-state index in [9.17, 15) is 12.8 Å². The van der Waals surface area contributed by atoms with E-state index < -0.39 is 9.84 Å². The van der Waals surface area contributed by atoms with Gasteiger partial charge in [0.05, 0.1) is 5.75 Å². The second kappa shape index (κ2) is 8.67. The monoisotopic (exact) mass is 377 g/mol. The molecule has 1 aromatic carbocycles. The molecule has 0 bridgehead atoms. The highest BCUT2D eigenvalue weighted by molar-refractivity contribution is 7.90. The number of aliphatic imine (C=N–C) groups is 1. The van der Waals surface area contributed by atoms with Gasteiger partial charge < -0.3 is 10.6 Å². The third-order valence-corrected chi connectivity index (χ3v) is 4.91. The fourth-order valence-corrected chi connectivity index (χ4v) is 3.29. The smallest absolute Gasteiger partial charge is 0.191 e. The van der Waals surface area contributed by atoms with Gasteiger partial charge in [-0.1, -0.05) is 31.5 Å². The van der Waals surface area contributed by atoms with Gasteiger partial charge in [-0.15, -0.1) is 0 Å². The lowest BCUT2D eigenvalue weighted by Crippen LogP contribution is -2.44. The zero-order valence-corrected chi connectivity index (χ0v) is 16.1. The van der Waals surface area contributed by atoms with E-state index in [2.05, 4.69) is 15.6 Å². The summed E-state index contributed by atoms with van der Waals surface area (Å²) < 4.78 is 35.4. The van der Waals surface area contributed by atoms with E-state index in [0.717, 1.165) is 5.56 Å². The quantitative estimate of drug-likeness (QED) is 0.434. The number of benzene rings is 1. The van der Waals surface area contributed by atoms with Crippen molar-refractivity contribution < 1.29 is 12.8 Å². The summed E-state index contributed by atoms with van der Waals surface area (Å²) in [4.78, 5) is 4.11. The lowest BCUT2D eigenvalue weighted by Gasteiger charge is -2.27. The van der Waals surface area contributed by atoms with Crippen molar-refractivity contribution in [1.82, 2.24) is 10.6 Å². The Morgan fingerprint density at radius 3 is 2.54 bits per heavy atom. The molecule has 0 spiro atoms. The summed E-state index contributed by atoms with van der Waals surface area (Å²) >= 11 is 6.14.